The van der Waals surface area contributed by atoms with Gasteiger partial charge in [0.15, 0.2) is 0 Å². The number of hydrogen-bond acceptors (Lipinski definition) is 6. The second-order valence-electron chi connectivity index (χ2n) is 7.84. The molecular weight excluding hydrogens is 398 g/mol. The zero-order chi connectivity index (χ0) is 20.5. The molecule has 5 rings (SSSR count). The fraction of sp³-hybridized carbons (Fsp3) is 0.409. The van der Waals surface area contributed by atoms with Gasteiger partial charge in [0.05, 0.1) is 28.0 Å². The smallest absolute Gasteiger partial charge is 0.329 e. The first-order chi connectivity index (χ1) is 14.7. The minimum Gasteiger partial charge on any atom is -0.488 e. The number of thiazole rings is 1. The molecule has 2 amide bonds. The maximum atomic E-state index is 13.3. The summed E-state index contributed by atoms with van der Waals surface area (Å²) in [4.78, 5) is 25.4. The Morgan fingerprint density at radius 3 is 2.90 bits per heavy atom. The quantitative estimate of drug-likeness (QED) is 0.674. The molecule has 0 spiro atoms. The maximum absolute atomic E-state index is 13.3. The van der Waals surface area contributed by atoms with Gasteiger partial charge >= 0.3 is 6.03 Å². The van der Waals surface area contributed by atoms with Crippen LogP contribution in [-0.4, -0.2) is 48.3 Å². The first-order valence-corrected chi connectivity index (χ1v) is 11.3. The molecule has 4 heterocycles. The number of fused-ring (bicyclic) bond motifs is 1. The molecule has 2 aliphatic rings. The standard InChI is InChI=1S/C22H25N5O2S/c1-15(16-4-7-23-8-5-16)29-20-6-9-24-13-19(20)27-11-10-26(22(27)28)17-2-3-18-21(12-17)30-14-25-18/h2-3,6,9,12-16,23H,4-5,7-8,10-11H2,1H3. The second kappa shape index (κ2) is 8.20. The Morgan fingerprint density at radius 1 is 1.20 bits per heavy atom. The molecule has 0 bridgehead atoms. The highest BCUT2D eigenvalue weighted by atomic mass is 32.1. The zero-order valence-corrected chi connectivity index (χ0v) is 17.8. The van der Waals surface area contributed by atoms with Crippen LogP contribution in [0.4, 0.5) is 16.2 Å². The van der Waals surface area contributed by atoms with Crippen LogP contribution in [-0.2, 0) is 0 Å². The molecule has 2 fully saturated rings. The SMILES string of the molecule is CC(Oc1ccncc1N1CCN(c2ccc3ncsc3c2)C1=O)C1CCNCC1. The van der Waals surface area contributed by atoms with Crippen molar-refractivity contribution in [1.29, 1.82) is 0 Å². The van der Waals surface area contributed by atoms with Crippen LogP contribution in [0.2, 0.25) is 0 Å². The van der Waals surface area contributed by atoms with Crippen LogP contribution in [0.25, 0.3) is 10.2 Å². The van der Waals surface area contributed by atoms with Crippen molar-refractivity contribution in [3.8, 4) is 5.75 Å². The van der Waals surface area contributed by atoms with Gasteiger partial charge in [-0.1, -0.05) is 0 Å². The van der Waals surface area contributed by atoms with E-state index in [9.17, 15) is 4.79 Å². The molecule has 156 valence electrons. The fourth-order valence-corrected chi connectivity index (χ4v) is 5.01. The van der Waals surface area contributed by atoms with E-state index in [1.807, 2.05) is 34.7 Å². The third kappa shape index (κ3) is 3.61. The molecule has 2 aromatic heterocycles. The van der Waals surface area contributed by atoms with Gasteiger partial charge in [0.2, 0.25) is 0 Å². The Kier molecular flexibility index (Phi) is 5.26. The molecule has 1 atom stereocenters. The Hall–Kier alpha value is -2.71. The normalized spacial score (nSPS) is 18.9. The van der Waals surface area contributed by atoms with Crippen LogP contribution in [0.1, 0.15) is 19.8 Å². The number of anilines is 2. The topological polar surface area (TPSA) is 70.6 Å². The lowest BCUT2D eigenvalue weighted by atomic mass is 9.93. The van der Waals surface area contributed by atoms with Crippen molar-refractivity contribution in [2.75, 3.05) is 36.0 Å². The molecule has 0 aliphatic carbocycles. The van der Waals surface area contributed by atoms with Crippen LogP contribution < -0.4 is 19.9 Å². The number of hydrogen-bond donors (Lipinski definition) is 1. The Labute approximate surface area is 179 Å². The van der Waals surface area contributed by atoms with Crippen LogP contribution >= 0.6 is 11.3 Å². The highest BCUT2D eigenvalue weighted by molar-refractivity contribution is 7.16. The summed E-state index contributed by atoms with van der Waals surface area (Å²) in [6.45, 7) is 5.42. The number of carbonyl (C=O) groups excluding carboxylic acids is 1. The average molecular weight is 424 g/mol. The van der Waals surface area contributed by atoms with E-state index < -0.39 is 0 Å². The van der Waals surface area contributed by atoms with Crippen LogP contribution in [0.5, 0.6) is 5.75 Å². The van der Waals surface area contributed by atoms with Crippen LogP contribution in [0.15, 0.2) is 42.2 Å². The predicted octanol–water partition coefficient (Wildman–Crippen LogP) is 3.90. The summed E-state index contributed by atoms with van der Waals surface area (Å²) in [6, 6.07) is 7.78. The molecule has 2 saturated heterocycles. The third-order valence-corrected chi connectivity index (χ3v) is 6.84. The molecule has 0 saturated carbocycles. The van der Waals surface area contributed by atoms with E-state index in [0.29, 0.717) is 19.0 Å². The summed E-state index contributed by atoms with van der Waals surface area (Å²) in [5.41, 5.74) is 4.43. The number of urea groups is 1. The molecule has 0 radical (unpaired) electrons. The second-order valence-corrected chi connectivity index (χ2v) is 8.73. The molecule has 3 aromatic rings. The average Bonchev–Trinajstić information content (AvgIpc) is 3.40. The van der Waals surface area contributed by atoms with Crippen molar-refractivity contribution in [3.63, 3.8) is 0 Å². The van der Waals surface area contributed by atoms with Gasteiger partial charge in [-0.3, -0.25) is 14.8 Å². The first kappa shape index (κ1) is 19.3. The number of nitrogens with zero attached hydrogens (tertiary/aromatic N) is 4. The number of benzene rings is 1. The van der Waals surface area contributed by atoms with Gasteiger partial charge in [0.1, 0.15) is 11.4 Å². The lowest BCUT2D eigenvalue weighted by Crippen LogP contribution is -2.36. The number of aromatic nitrogens is 2. The molecular formula is C22H25N5O2S. The van der Waals surface area contributed by atoms with E-state index in [-0.39, 0.29) is 12.1 Å². The number of amides is 2. The summed E-state index contributed by atoms with van der Waals surface area (Å²) < 4.78 is 7.43. The lowest BCUT2D eigenvalue weighted by Gasteiger charge is -2.30. The molecule has 7 nitrogen and oxygen atoms in total. The Morgan fingerprint density at radius 2 is 2.03 bits per heavy atom. The van der Waals surface area contributed by atoms with Gasteiger partial charge < -0.3 is 10.1 Å². The van der Waals surface area contributed by atoms with Gasteiger partial charge in [-0.2, -0.15) is 0 Å². The minimum absolute atomic E-state index is 0.0498. The number of ether oxygens (including phenoxy) is 1. The molecule has 1 N–H and O–H groups in total. The highest BCUT2D eigenvalue weighted by Crippen LogP contribution is 2.34. The minimum atomic E-state index is -0.0498. The van der Waals surface area contributed by atoms with Gasteiger partial charge in [0, 0.05) is 31.0 Å². The van der Waals surface area contributed by atoms with Gasteiger partial charge in [-0.15, -0.1) is 11.3 Å². The number of nitrogens with one attached hydrogen (secondary N) is 1. The summed E-state index contributed by atoms with van der Waals surface area (Å²) in [5.74, 6) is 1.24. The lowest BCUT2D eigenvalue weighted by molar-refractivity contribution is 0.128. The van der Waals surface area contributed by atoms with Crippen molar-refractivity contribution >= 4 is 39.0 Å². The summed E-state index contributed by atoms with van der Waals surface area (Å²) in [7, 11) is 0. The highest BCUT2D eigenvalue weighted by Gasteiger charge is 2.33. The molecule has 1 unspecified atom stereocenters. The molecule has 8 heteroatoms. The third-order valence-electron chi connectivity index (χ3n) is 6.05. The van der Waals surface area contributed by atoms with E-state index in [1.54, 1.807) is 28.6 Å². The van der Waals surface area contributed by atoms with E-state index in [1.165, 1.54) is 0 Å². The van der Waals surface area contributed by atoms with Crippen molar-refractivity contribution < 1.29 is 9.53 Å². The number of carbonyl (C=O) groups is 1. The van der Waals surface area contributed by atoms with Crippen molar-refractivity contribution in [3.05, 3.63) is 42.2 Å². The Balaban J connectivity index is 1.36. The molecule has 1 aromatic carbocycles. The predicted molar refractivity (Wildman–Crippen MR) is 120 cm³/mol. The number of rotatable bonds is 5. The first-order valence-electron chi connectivity index (χ1n) is 10.4. The summed E-state index contributed by atoms with van der Waals surface area (Å²) >= 11 is 1.58. The van der Waals surface area contributed by atoms with Crippen molar-refractivity contribution in [2.24, 2.45) is 5.92 Å². The van der Waals surface area contributed by atoms with E-state index in [2.05, 4.69) is 22.2 Å². The summed E-state index contributed by atoms with van der Waals surface area (Å²) in [6.07, 6.45) is 5.77. The zero-order valence-electron chi connectivity index (χ0n) is 17.0. The van der Waals surface area contributed by atoms with Crippen molar-refractivity contribution in [2.45, 2.75) is 25.9 Å². The monoisotopic (exact) mass is 423 g/mol. The van der Waals surface area contributed by atoms with Crippen molar-refractivity contribution in [1.82, 2.24) is 15.3 Å². The molecule has 30 heavy (non-hydrogen) atoms. The van der Waals surface area contributed by atoms with Crippen LogP contribution in [0, 0.1) is 5.92 Å². The van der Waals surface area contributed by atoms with Gasteiger partial charge in [0.25, 0.3) is 0 Å². The maximum Gasteiger partial charge on any atom is 0.329 e. The number of pyridine rings is 1. The largest absolute Gasteiger partial charge is 0.488 e. The Bertz CT molecular complexity index is 1050. The number of piperidine rings is 1. The van der Waals surface area contributed by atoms with E-state index >= 15 is 0 Å². The van der Waals surface area contributed by atoms with Gasteiger partial charge in [-0.25, -0.2) is 9.78 Å². The fourth-order valence-electron chi connectivity index (χ4n) is 4.30. The van der Waals surface area contributed by atoms with Gasteiger partial charge in [-0.05, 0) is 57.0 Å². The van der Waals surface area contributed by atoms with Crippen LogP contribution in [0.3, 0.4) is 0 Å². The van der Waals surface area contributed by atoms with E-state index in [4.69, 9.17) is 4.74 Å². The summed E-state index contributed by atoms with van der Waals surface area (Å²) in [5, 5.41) is 3.40. The van der Waals surface area contributed by atoms with E-state index in [0.717, 1.165) is 53.3 Å². The molecule has 2 aliphatic heterocycles.